The van der Waals surface area contributed by atoms with Gasteiger partial charge in [-0.3, -0.25) is 4.68 Å². The van der Waals surface area contributed by atoms with Gasteiger partial charge < -0.3 is 5.32 Å². The zero-order chi connectivity index (χ0) is 14.4. The normalized spacial score (nSPS) is 19.9. The fourth-order valence-corrected chi connectivity index (χ4v) is 3.34. The molecule has 1 unspecified atom stereocenters. The third-order valence-electron chi connectivity index (χ3n) is 4.74. The predicted octanol–water partition coefficient (Wildman–Crippen LogP) is 4.28. The van der Waals surface area contributed by atoms with Gasteiger partial charge in [0.1, 0.15) is 0 Å². The molecule has 0 amide bonds. The van der Waals surface area contributed by atoms with Gasteiger partial charge in [0, 0.05) is 24.2 Å². The lowest BCUT2D eigenvalue weighted by Gasteiger charge is -2.28. The number of alkyl halides is 1. The molecule has 1 heterocycles. The zero-order valence-corrected chi connectivity index (χ0v) is 13.6. The van der Waals surface area contributed by atoms with Gasteiger partial charge in [-0.1, -0.05) is 26.2 Å². The van der Waals surface area contributed by atoms with Gasteiger partial charge in [0.15, 0.2) is 0 Å². The molecule has 1 aliphatic carbocycles. The summed E-state index contributed by atoms with van der Waals surface area (Å²) < 4.78 is 2.18. The smallest absolute Gasteiger partial charge is 0.0762 e. The number of nitrogens with zero attached hydrogens (tertiary/aromatic N) is 2. The van der Waals surface area contributed by atoms with Crippen LogP contribution >= 0.6 is 11.6 Å². The molecule has 4 heteroatoms. The minimum Gasteiger partial charge on any atom is -0.306 e. The van der Waals surface area contributed by atoms with Crippen LogP contribution in [0.4, 0.5) is 0 Å². The topological polar surface area (TPSA) is 29.9 Å². The van der Waals surface area contributed by atoms with E-state index in [0.29, 0.717) is 11.9 Å². The maximum Gasteiger partial charge on any atom is 0.0762 e. The molecule has 1 saturated carbocycles. The van der Waals surface area contributed by atoms with Gasteiger partial charge in [0.2, 0.25) is 0 Å². The van der Waals surface area contributed by atoms with E-state index in [-0.39, 0.29) is 5.54 Å². The van der Waals surface area contributed by atoms with Crippen LogP contribution in [-0.4, -0.2) is 21.2 Å². The Morgan fingerprint density at radius 1 is 1.40 bits per heavy atom. The van der Waals surface area contributed by atoms with E-state index in [1.165, 1.54) is 32.1 Å². The van der Waals surface area contributed by atoms with Crippen molar-refractivity contribution >= 4 is 11.6 Å². The SMILES string of the molecule is CCC(C)(CCCl)NCc1ccn(C2CCCCC2)n1. The van der Waals surface area contributed by atoms with E-state index in [1.807, 2.05) is 0 Å². The highest BCUT2D eigenvalue weighted by atomic mass is 35.5. The van der Waals surface area contributed by atoms with Crippen molar-refractivity contribution in [3.8, 4) is 0 Å². The van der Waals surface area contributed by atoms with Crippen molar-refractivity contribution in [2.45, 2.75) is 76.9 Å². The van der Waals surface area contributed by atoms with Gasteiger partial charge in [-0.25, -0.2) is 0 Å². The van der Waals surface area contributed by atoms with Crippen molar-refractivity contribution in [1.29, 1.82) is 0 Å². The number of aromatic nitrogens is 2. The minimum absolute atomic E-state index is 0.121. The minimum atomic E-state index is 0.121. The van der Waals surface area contributed by atoms with Gasteiger partial charge >= 0.3 is 0 Å². The first-order valence-corrected chi connectivity index (χ1v) is 8.55. The number of hydrogen-bond acceptors (Lipinski definition) is 2. The van der Waals surface area contributed by atoms with Gasteiger partial charge in [-0.15, -0.1) is 11.6 Å². The Morgan fingerprint density at radius 2 is 2.15 bits per heavy atom. The van der Waals surface area contributed by atoms with Gasteiger partial charge in [0.05, 0.1) is 11.7 Å². The maximum atomic E-state index is 5.89. The third kappa shape index (κ3) is 4.23. The second kappa shape index (κ2) is 7.46. The Balaban J connectivity index is 1.89. The van der Waals surface area contributed by atoms with E-state index < -0.39 is 0 Å². The van der Waals surface area contributed by atoms with E-state index in [1.54, 1.807) is 0 Å². The molecule has 1 fully saturated rings. The van der Waals surface area contributed by atoms with Crippen LogP contribution in [0.3, 0.4) is 0 Å². The number of nitrogens with one attached hydrogen (secondary N) is 1. The van der Waals surface area contributed by atoms with Gasteiger partial charge in [-0.05, 0) is 38.7 Å². The van der Waals surface area contributed by atoms with Crippen LogP contribution < -0.4 is 5.32 Å². The molecule has 20 heavy (non-hydrogen) atoms. The molecule has 1 N–H and O–H groups in total. The van der Waals surface area contributed by atoms with Crippen LogP contribution in [0, 0.1) is 0 Å². The summed E-state index contributed by atoms with van der Waals surface area (Å²) in [5, 5.41) is 8.37. The summed E-state index contributed by atoms with van der Waals surface area (Å²) in [6, 6.07) is 2.77. The second-order valence-electron chi connectivity index (χ2n) is 6.29. The van der Waals surface area contributed by atoms with E-state index in [9.17, 15) is 0 Å². The molecule has 1 aromatic rings. The van der Waals surface area contributed by atoms with Crippen molar-refractivity contribution < 1.29 is 0 Å². The molecule has 0 aromatic carbocycles. The largest absolute Gasteiger partial charge is 0.306 e. The molecule has 0 spiro atoms. The fraction of sp³-hybridized carbons (Fsp3) is 0.812. The van der Waals surface area contributed by atoms with E-state index >= 15 is 0 Å². The Morgan fingerprint density at radius 3 is 2.80 bits per heavy atom. The lowest BCUT2D eigenvalue weighted by Crippen LogP contribution is -2.41. The number of hydrogen-bond donors (Lipinski definition) is 1. The Labute approximate surface area is 128 Å². The van der Waals surface area contributed by atoms with E-state index in [4.69, 9.17) is 16.7 Å². The highest BCUT2D eigenvalue weighted by molar-refractivity contribution is 6.17. The maximum absolute atomic E-state index is 5.89. The zero-order valence-electron chi connectivity index (χ0n) is 12.9. The summed E-state index contributed by atoms with van der Waals surface area (Å²) in [4.78, 5) is 0. The van der Waals surface area contributed by atoms with Crippen molar-refractivity contribution in [3.05, 3.63) is 18.0 Å². The first-order valence-electron chi connectivity index (χ1n) is 8.02. The predicted molar refractivity (Wildman–Crippen MR) is 85.2 cm³/mol. The first-order chi connectivity index (χ1) is 9.67. The van der Waals surface area contributed by atoms with Crippen LogP contribution in [0.1, 0.15) is 70.5 Å². The molecule has 0 bridgehead atoms. The molecule has 1 aromatic heterocycles. The molecule has 0 radical (unpaired) electrons. The Bertz CT molecular complexity index is 398. The van der Waals surface area contributed by atoms with Crippen LogP contribution in [0.5, 0.6) is 0 Å². The molecule has 0 saturated heterocycles. The van der Waals surface area contributed by atoms with Crippen LogP contribution in [-0.2, 0) is 6.54 Å². The van der Waals surface area contributed by atoms with Crippen LogP contribution in [0.25, 0.3) is 0 Å². The lowest BCUT2D eigenvalue weighted by atomic mass is 9.95. The third-order valence-corrected chi connectivity index (χ3v) is 4.92. The Hall–Kier alpha value is -0.540. The monoisotopic (exact) mass is 297 g/mol. The quantitative estimate of drug-likeness (QED) is 0.762. The van der Waals surface area contributed by atoms with Crippen molar-refractivity contribution in [1.82, 2.24) is 15.1 Å². The summed E-state index contributed by atoms with van der Waals surface area (Å²) in [7, 11) is 0. The number of halogens is 1. The summed E-state index contributed by atoms with van der Waals surface area (Å²) >= 11 is 5.89. The second-order valence-corrected chi connectivity index (χ2v) is 6.66. The molecular weight excluding hydrogens is 270 g/mol. The van der Waals surface area contributed by atoms with Gasteiger partial charge in [0.25, 0.3) is 0 Å². The molecule has 2 rings (SSSR count). The Kier molecular flexibility index (Phi) is 5.91. The average molecular weight is 298 g/mol. The molecule has 114 valence electrons. The molecular formula is C16H28ClN3. The standard InChI is InChI=1S/C16H28ClN3/c1-3-16(2,10-11-17)18-13-14-9-12-20(19-14)15-7-5-4-6-8-15/h9,12,15,18H,3-8,10-11,13H2,1-2H3. The molecule has 3 nitrogen and oxygen atoms in total. The highest BCUT2D eigenvalue weighted by Crippen LogP contribution is 2.27. The number of rotatable bonds is 7. The van der Waals surface area contributed by atoms with Crippen molar-refractivity contribution in [2.75, 3.05) is 5.88 Å². The fourth-order valence-electron chi connectivity index (χ4n) is 2.92. The first kappa shape index (κ1) is 15.8. The molecule has 1 aliphatic rings. The van der Waals surface area contributed by atoms with Crippen molar-refractivity contribution in [3.63, 3.8) is 0 Å². The van der Waals surface area contributed by atoms with Crippen LogP contribution in [0.2, 0.25) is 0 Å². The lowest BCUT2D eigenvalue weighted by molar-refractivity contribution is 0.317. The summed E-state index contributed by atoms with van der Waals surface area (Å²) in [5.74, 6) is 0.702. The highest BCUT2D eigenvalue weighted by Gasteiger charge is 2.21. The van der Waals surface area contributed by atoms with Crippen LogP contribution in [0.15, 0.2) is 12.3 Å². The molecule has 0 aliphatic heterocycles. The van der Waals surface area contributed by atoms with Gasteiger partial charge in [-0.2, -0.15) is 5.10 Å². The van der Waals surface area contributed by atoms with E-state index in [0.717, 1.165) is 25.1 Å². The summed E-state index contributed by atoms with van der Waals surface area (Å²) in [5.41, 5.74) is 1.26. The molecule has 1 atom stereocenters. The van der Waals surface area contributed by atoms with Crippen molar-refractivity contribution in [2.24, 2.45) is 0 Å². The summed E-state index contributed by atoms with van der Waals surface area (Å²) in [6.45, 7) is 5.29. The average Bonchev–Trinajstić information content (AvgIpc) is 2.95. The summed E-state index contributed by atoms with van der Waals surface area (Å²) in [6.07, 6.45) is 10.9. The van der Waals surface area contributed by atoms with E-state index in [2.05, 4.69) is 36.1 Å².